The van der Waals surface area contributed by atoms with Gasteiger partial charge in [-0.15, -0.1) is 11.3 Å². The summed E-state index contributed by atoms with van der Waals surface area (Å²) in [6.07, 6.45) is 4.60. The summed E-state index contributed by atoms with van der Waals surface area (Å²) in [5.41, 5.74) is 1.53. The lowest BCUT2D eigenvalue weighted by Gasteiger charge is -2.33. The van der Waals surface area contributed by atoms with Crippen LogP contribution in [-0.4, -0.2) is 42.4 Å². The molecule has 154 valence electrons. The number of hydrogen-bond acceptors (Lipinski definition) is 7. The van der Waals surface area contributed by atoms with Crippen LogP contribution >= 0.6 is 11.3 Å². The molecule has 0 radical (unpaired) electrons. The highest BCUT2D eigenvalue weighted by Crippen LogP contribution is 2.32. The Balaban J connectivity index is 1.48. The molecule has 30 heavy (non-hydrogen) atoms. The molecule has 0 N–H and O–H groups in total. The maximum atomic E-state index is 13.1. The standard InChI is InChI=1S/C19H16F3N7S/c20-19(21,22)15-10-29-13(6-26-17(29)8-25-15)18-24-4-3-16(27-18)28-5-1-2-12(9-28)14-7-23-11-30-14/h3-4,6-8,10-12H,1-2,5,9H2. The predicted molar refractivity (Wildman–Crippen MR) is 105 cm³/mol. The molecule has 7 nitrogen and oxygen atoms in total. The minimum atomic E-state index is -4.54. The molecule has 11 heteroatoms. The molecular weight excluding hydrogens is 415 g/mol. The van der Waals surface area contributed by atoms with Gasteiger partial charge in [-0.05, 0) is 18.9 Å². The van der Waals surface area contributed by atoms with Gasteiger partial charge in [0.2, 0.25) is 0 Å². The number of piperidine rings is 1. The molecule has 4 aromatic heterocycles. The number of alkyl halides is 3. The third-order valence-electron chi connectivity index (χ3n) is 5.16. The molecule has 5 heterocycles. The molecule has 1 aliphatic heterocycles. The number of fused-ring (bicyclic) bond motifs is 1. The molecule has 1 unspecified atom stereocenters. The number of halogens is 3. The van der Waals surface area contributed by atoms with E-state index in [1.54, 1.807) is 17.5 Å². The topological polar surface area (TPSA) is 72.1 Å². The highest BCUT2D eigenvalue weighted by Gasteiger charge is 2.33. The third kappa shape index (κ3) is 3.49. The lowest BCUT2D eigenvalue weighted by Crippen LogP contribution is -2.34. The molecule has 0 aliphatic carbocycles. The first-order valence-electron chi connectivity index (χ1n) is 9.36. The van der Waals surface area contributed by atoms with E-state index in [1.165, 1.54) is 15.5 Å². The van der Waals surface area contributed by atoms with Gasteiger partial charge in [0.05, 0.1) is 17.9 Å². The number of thiazole rings is 1. The Kier molecular flexibility index (Phi) is 4.61. The molecule has 0 bridgehead atoms. The largest absolute Gasteiger partial charge is 0.434 e. The van der Waals surface area contributed by atoms with Crippen molar-refractivity contribution >= 4 is 22.8 Å². The van der Waals surface area contributed by atoms with E-state index in [2.05, 4.69) is 29.8 Å². The van der Waals surface area contributed by atoms with E-state index in [0.717, 1.165) is 44.1 Å². The fourth-order valence-electron chi connectivity index (χ4n) is 3.69. The van der Waals surface area contributed by atoms with Crippen molar-refractivity contribution in [2.24, 2.45) is 0 Å². The number of imidazole rings is 1. The number of rotatable bonds is 3. The van der Waals surface area contributed by atoms with Crippen LogP contribution < -0.4 is 4.90 Å². The molecule has 4 aromatic rings. The maximum Gasteiger partial charge on any atom is 0.434 e. The van der Waals surface area contributed by atoms with Crippen molar-refractivity contribution in [3.8, 4) is 11.5 Å². The van der Waals surface area contributed by atoms with Crippen LogP contribution in [0.15, 0.2) is 42.6 Å². The zero-order valence-corrected chi connectivity index (χ0v) is 16.4. The van der Waals surface area contributed by atoms with Gasteiger partial charge in [-0.1, -0.05) is 0 Å². The van der Waals surface area contributed by atoms with Gasteiger partial charge < -0.3 is 4.90 Å². The quantitative estimate of drug-likeness (QED) is 0.488. The van der Waals surface area contributed by atoms with Crippen LogP contribution in [0.2, 0.25) is 0 Å². The van der Waals surface area contributed by atoms with Crippen molar-refractivity contribution < 1.29 is 13.2 Å². The van der Waals surface area contributed by atoms with Crippen LogP contribution in [0.4, 0.5) is 19.0 Å². The summed E-state index contributed by atoms with van der Waals surface area (Å²) in [5.74, 6) is 1.45. The van der Waals surface area contributed by atoms with Crippen molar-refractivity contribution in [1.29, 1.82) is 0 Å². The van der Waals surface area contributed by atoms with Crippen LogP contribution in [-0.2, 0) is 6.18 Å². The van der Waals surface area contributed by atoms with E-state index in [1.807, 2.05) is 17.8 Å². The lowest BCUT2D eigenvalue weighted by atomic mass is 9.97. The number of aromatic nitrogens is 6. The van der Waals surface area contributed by atoms with Gasteiger partial charge in [0.15, 0.2) is 17.2 Å². The Morgan fingerprint density at radius 3 is 2.80 bits per heavy atom. The summed E-state index contributed by atoms with van der Waals surface area (Å²) in [6, 6.07) is 1.82. The second-order valence-corrected chi connectivity index (χ2v) is 7.99. The van der Waals surface area contributed by atoms with E-state index in [-0.39, 0.29) is 0 Å². The summed E-state index contributed by atoms with van der Waals surface area (Å²) in [6.45, 7) is 1.68. The van der Waals surface area contributed by atoms with Crippen LogP contribution in [0.25, 0.3) is 17.2 Å². The molecule has 5 rings (SSSR count). The first-order chi connectivity index (χ1) is 14.5. The molecule has 1 atom stereocenters. The van der Waals surface area contributed by atoms with E-state index in [9.17, 15) is 13.2 Å². The van der Waals surface area contributed by atoms with Crippen molar-refractivity contribution in [2.45, 2.75) is 24.9 Å². The van der Waals surface area contributed by atoms with E-state index in [4.69, 9.17) is 0 Å². The molecule has 0 spiro atoms. The zero-order chi connectivity index (χ0) is 20.7. The summed E-state index contributed by atoms with van der Waals surface area (Å²) in [5, 5.41) is 0. The van der Waals surface area contributed by atoms with E-state index < -0.39 is 11.9 Å². The summed E-state index contributed by atoms with van der Waals surface area (Å²) in [4.78, 5) is 24.1. The second kappa shape index (κ2) is 7.31. The van der Waals surface area contributed by atoms with Crippen LogP contribution in [0.5, 0.6) is 0 Å². The molecule has 1 fully saturated rings. The van der Waals surface area contributed by atoms with Crippen molar-refractivity contribution in [3.05, 3.63) is 53.1 Å². The van der Waals surface area contributed by atoms with Gasteiger partial charge in [0, 0.05) is 42.5 Å². The zero-order valence-electron chi connectivity index (χ0n) is 15.6. The Morgan fingerprint density at radius 1 is 1.10 bits per heavy atom. The number of hydrogen-bond donors (Lipinski definition) is 0. The third-order valence-corrected chi connectivity index (χ3v) is 6.09. The van der Waals surface area contributed by atoms with Gasteiger partial charge in [-0.3, -0.25) is 9.38 Å². The van der Waals surface area contributed by atoms with Gasteiger partial charge in [-0.2, -0.15) is 13.2 Å². The number of nitrogens with zero attached hydrogens (tertiary/aromatic N) is 7. The first kappa shape index (κ1) is 18.9. The molecule has 0 saturated carbocycles. The normalized spacial score (nSPS) is 17.6. The van der Waals surface area contributed by atoms with Crippen molar-refractivity contribution in [2.75, 3.05) is 18.0 Å². The molecular formula is C19H16F3N7S. The summed E-state index contributed by atoms with van der Waals surface area (Å²) < 4.78 is 40.6. The van der Waals surface area contributed by atoms with Crippen molar-refractivity contribution in [1.82, 2.24) is 29.3 Å². The van der Waals surface area contributed by atoms with E-state index >= 15 is 0 Å². The van der Waals surface area contributed by atoms with Crippen molar-refractivity contribution in [3.63, 3.8) is 0 Å². The van der Waals surface area contributed by atoms with Gasteiger partial charge in [0.25, 0.3) is 0 Å². The highest BCUT2D eigenvalue weighted by molar-refractivity contribution is 7.09. The summed E-state index contributed by atoms with van der Waals surface area (Å²) >= 11 is 1.65. The molecule has 1 saturated heterocycles. The van der Waals surface area contributed by atoms with Crippen LogP contribution in [0, 0.1) is 0 Å². The Bertz CT molecular complexity index is 1170. The smallest absolute Gasteiger partial charge is 0.356 e. The van der Waals surface area contributed by atoms with Gasteiger partial charge >= 0.3 is 6.18 Å². The minimum absolute atomic E-state index is 0.301. The Morgan fingerprint density at radius 2 is 2.00 bits per heavy atom. The highest BCUT2D eigenvalue weighted by atomic mass is 32.1. The average molecular weight is 431 g/mol. The fraction of sp³-hybridized carbons (Fsp3) is 0.316. The predicted octanol–water partition coefficient (Wildman–Crippen LogP) is 4.05. The number of anilines is 1. The Labute approximate surface area is 173 Å². The van der Waals surface area contributed by atoms with E-state index in [0.29, 0.717) is 23.1 Å². The monoisotopic (exact) mass is 431 g/mol. The lowest BCUT2D eigenvalue weighted by molar-refractivity contribution is -0.141. The molecule has 1 aliphatic rings. The minimum Gasteiger partial charge on any atom is -0.356 e. The van der Waals surface area contributed by atoms with Gasteiger partial charge in [0.1, 0.15) is 11.5 Å². The molecule has 0 aromatic carbocycles. The Hall–Kier alpha value is -3.08. The van der Waals surface area contributed by atoms with Crippen LogP contribution in [0.3, 0.4) is 0 Å². The van der Waals surface area contributed by atoms with Gasteiger partial charge in [-0.25, -0.2) is 19.9 Å². The first-order valence-corrected chi connectivity index (χ1v) is 10.2. The second-order valence-electron chi connectivity index (χ2n) is 7.07. The van der Waals surface area contributed by atoms with Crippen LogP contribution in [0.1, 0.15) is 29.3 Å². The SMILES string of the molecule is FC(F)(F)c1cn2c(-c3nccc(N4CCCC(c5cncs5)C4)n3)cnc2cn1. The molecule has 0 amide bonds. The summed E-state index contributed by atoms with van der Waals surface area (Å²) in [7, 11) is 0. The fourth-order valence-corrected chi connectivity index (χ4v) is 4.44. The maximum absolute atomic E-state index is 13.1. The average Bonchev–Trinajstić information content (AvgIpc) is 3.43.